The zero-order valence-electron chi connectivity index (χ0n) is 10.0. The topological polar surface area (TPSA) is 32.6 Å². The van der Waals surface area contributed by atoms with Crippen LogP contribution in [0.1, 0.15) is 37.7 Å². The number of oxime groups is 1. The van der Waals surface area contributed by atoms with E-state index >= 15 is 0 Å². The molecule has 2 heteroatoms. The van der Waals surface area contributed by atoms with E-state index in [1.54, 1.807) is 0 Å². The molecule has 0 aromatic heterocycles. The number of hydrogen-bond donors (Lipinski definition) is 1. The van der Waals surface area contributed by atoms with Crippen LogP contribution in [0.25, 0.3) is 0 Å². The maximum Gasteiger partial charge on any atom is 0.0901 e. The summed E-state index contributed by atoms with van der Waals surface area (Å²) in [4.78, 5) is 0. The van der Waals surface area contributed by atoms with Crippen LogP contribution >= 0.6 is 0 Å². The van der Waals surface area contributed by atoms with Crippen LogP contribution in [0.4, 0.5) is 0 Å². The van der Waals surface area contributed by atoms with Gasteiger partial charge in [-0.2, -0.15) is 0 Å². The molecule has 1 aromatic carbocycles. The molecule has 3 aliphatic rings. The van der Waals surface area contributed by atoms with Crippen molar-refractivity contribution in [3.63, 3.8) is 0 Å². The van der Waals surface area contributed by atoms with E-state index in [-0.39, 0.29) is 0 Å². The summed E-state index contributed by atoms with van der Waals surface area (Å²) in [6.45, 7) is 0. The highest BCUT2D eigenvalue weighted by molar-refractivity contribution is 6.02. The van der Waals surface area contributed by atoms with Crippen molar-refractivity contribution < 1.29 is 5.21 Å². The third-order valence-corrected chi connectivity index (χ3v) is 4.58. The molecule has 1 N–H and O–H groups in total. The summed E-state index contributed by atoms with van der Waals surface area (Å²) in [6.07, 6.45) is 6.63. The highest BCUT2D eigenvalue weighted by atomic mass is 16.4. The first-order valence-corrected chi connectivity index (χ1v) is 6.66. The van der Waals surface area contributed by atoms with Gasteiger partial charge in [-0.05, 0) is 36.7 Å². The fourth-order valence-electron chi connectivity index (χ4n) is 3.67. The van der Waals surface area contributed by atoms with Crippen LogP contribution in [-0.4, -0.2) is 10.9 Å². The molecule has 2 bridgehead atoms. The second-order valence-electron chi connectivity index (χ2n) is 5.47. The van der Waals surface area contributed by atoms with E-state index in [1.165, 1.54) is 32.1 Å². The summed E-state index contributed by atoms with van der Waals surface area (Å²) < 4.78 is 0. The molecule has 3 aliphatic carbocycles. The Labute approximate surface area is 102 Å². The largest absolute Gasteiger partial charge is 0.411 e. The molecule has 90 valence electrons. The van der Waals surface area contributed by atoms with Crippen LogP contribution in [0, 0.1) is 17.8 Å². The van der Waals surface area contributed by atoms with Crippen LogP contribution < -0.4 is 0 Å². The Balaban J connectivity index is 1.87. The minimum absolute atomic E-state index is 0.481. The Hall–Kier alpha value is -1.31. The van der Waals surface area contributed by atoms with Crippen molar-refractivity contribution in [3.8, 4) is 0 Å². The smallest absolute Gasteiger partial charge is 0.0901 e. The van der Waals surface area contributed by atoms with Gasteiger partial charge >= 0.3 is 0 Å². The third-order valence-electron chi connectivity index (χ3n) is 4.58. The van der Waals surface area contributed by atoms with E-state index < -0.39 is 0 Å². The quantitative estimate of drug-likeness (QED) is 0.468. The lowest BCUT2D eigenvalue weighted by Gasteiger charge is -2.42. The number of rotatable bonds is 2. The predicted octanol–water partition coefficient (Wildman–Crippen LogP) is 3.69. The van der Waals surface area contributed by atoms with E-state index in [0.717, 1.165) is 23.1 Å². The zero-order chi connectivity index (χ0) is 11.7. The molecule has 3 saturated carbocycles. The average Bonchev–Trinajstić information content (AvgIpc) is 2.42. The van der Waals surface area contributed by atoms with Gasteiger partial charge in [0.1, 0.15) is 0 Å². The van der Waals surface area contributed by atoms with Gasteiger partial charge in [-0.1, -0.05) is 48.3 Å². The first kappa shape index (κ1) is 10.8. The molecule has 4 rings (SSSR count). The monoisotopic (exact) mass is 229 g/mol. The summed E-state index contributed by atoms with van der Waals surface area (Å²) >= 11 is 0. The van der Waals surface area contributed by atoms with Gasteiger partial charge in [0.05, 0.1) is 5.71 Å². The Bertz CT molecular complexity index is 404. The highest BCUT2D eigenvalue weighted by Crippen LogP contribution is 2.46. The highest BCUT2D eigenvalue weighted by Gasteiger charge is 2.38. The molecule has 1 unspecified atom stereocenters. The van der Waals surface area contributed by atoms with Gasteiger partial charge in [0.25, 0.3) is 0 Å². The molecule has 1 aromatic rings. The lowest BCUT2D eigenvalue weighted by molar-refractivity contribution is 0.136. The lowest BCUT2D eigenvalue weighted by Crippen LogP contribution is -2.36. The molecule has 2 nitrogen and oxygen atoms in total. The summed E-state index contributed by atoms with van der Waals surface area (Å²) in [6, 6.07) is 10.1. The fourth-order valence-corrected chi connectivity index (χ4v) is 3.67. The van der Waals surface area contributed by atoms with E-state index in [2.05, 4.69) is 17.3 Å². The minimum atomic E-state index is 0.481. The average molecular weight is 229 g/mol. The van der Waals surface area contributed by atoms with Gasteiger partial charge in [0.15, 0.2) is 0 Å². The maximum atomic E-state index is 9.35. The molecule has 0 heterocycles. The molecule has 0 spiro atoms. The van der Waals surface area contributed by atoms with E-state index in [9.17, 15) is 5.21 Å². The van der Waals surface area contributed by atoms with Gasteiger partial charge in [0, 0.05) is 5.92 Å². The summed E-state index contributed by atoms with van der Waals surface area (Å²) in [5.41, 5.74) is 2.01. The third kappa shape index (κ3) is 1.97. The van der Waals surface area contributed by atoms with E-state index in [0.29, 0.717) is 5.92 Å². The Kier molecular flexibility index (Phi) is 2.87. The number of nitrogens with zero attached hydrogens (tertiary/aromatic N) is 1. The molecule has 1 atom stereocenters. The van der Waals surface area contributed by atoms with Gasteiger partial charge in [-0.15, -0.1) is 0 Å². The minimum Gasteiger partial charge on any atom is -0.411 e. The molecule has 0 saturated heterocycles. The van der Waals surface area contributed by atoms with Crippen molar-refractivity contribution in [3.05, 3.63) is 35.9 Å². The molecule has 3 fully saturated rings. The van der Waals surface area contributed by atoms with Gasteiger partial charge in [-0.25, -0.2) is 0 Å². The van der Waals surface area contributed by atoms with Crippen LogP contribution in [0.3, 0.4) is 0 Å². The van der Waals surface area contributed by atoms with Crippen molar-refractivity contribution in [1.82, 2.24) is 0 Å². The lowest BCUT2D eigenvalue weighted by atomic mass is 9.62. The van der Waals surface area contributed by atoms with Crippen molar-refractivity contribution in [2.45, 2.75) is 32.1 Å². The van der Waals surface area contributed by atoms with E-state index in [1.807, 2.05) is 18.2 Å². The molecule has 0 radical (unpaired) electrons. The Morgan fingerprint density at radius 1 is 1.06 bits per heavy atom. The van der Waals surface area contributed by atoms with Crippen LogP contribution in [-0.2, 0) is 0 Å². The summed E-state index contributed by atoms with van der Waals surface area (Å²) in [7, 11) is 0. The van der Waals surface area contributed by atoms with Crippen molar-refractivity contribution in [2.24, 2.45) is 22.9 Å². The van der Waals surface area contributed by atoms with Gasteiger partial charge in [0.2, 0.25) is 0 Å². The SMILES string of the molecule is O/N=C(\c1ccccc1)C1CC2CCC1CC2. The van der Waals surface area contributed by atoms with Crippen LogP contribution in [0.2, 0.25) is 0 Å². The number of hydrogen-bond acceptors (Lipinski definition) is 2. The fraction of sp³-hybridized carbons (Fsp3) is 0.533. The molecular formula is C15H19NO. The number of fused-ring (bicyclic) bond motifs is 3. The Morgan fingerprint density at radius 2 is 1.76 bits per heavy atom. The summed E-state index contributed by atoms with van der Waals surface area (Å²) in [5.74, 6) is 2.09. The van der Waals surface area contributed by atoms with Crippen LogP contribution in [0.5, 0.6) is 0 Å². The standard InChI is InChI=1S/C15H19NO/c17-16-15(13-4-2-1-3-5-13)14-10-11-6-8-12(14)9-7-11/h1-5,11-12,14,17H,6-10H2/b16-15+. The Morgan fingerprint density at radius 3 is 2.29 bits per heavy atom. The molecule has 0 amide bonds. The first-order valence-electron chi connectivity index (χ1n) is 6.66. The normalized spacial score (nSPS) is 32.7. The second kappa shape index (κ2) is 4.52. The van der Waals surface area contributed by atoms with Crippen molar-refractivity contribution >= 4 is 5.71 Å². The van der Waals surface area contributed by atoms with Gasteiger partial charge in [-0.3, -0.25) is 0 Å². The van der Waals surface area contributed by atoms with E-state index in [4.69, 9.17) is 0 Å². The van der Waals surface area contributed by atoms with Crippen molar-refractivity contribution in [1.29, 1.82) is 0 Å². The van der Waals surface area contributed by atoms with Gasteiger partial charge < -0.3 is 5.21 Å². The predicted molar refractivity (Wildman–Crippen MR) is 68.3 cm³/mol. The first-order chi connectivity index (χ1) is 8.38. The molecule has 17 heavy (non-hydrogen) atoms. The van der Waals surface area contributed by atoms with Crippen LogP contribution in [0.15, 0.2) is 35.5 Å². The molecule has 0 aliphatic heterocycles. The summed E-state index contributed by atoms with van der Waals surface area (Å²) in [5, 5.41) is 13.0. The second-order valence-corrected chi connectivity index (χ2v) is 5.47. The zero-order valence-corrected chi connectivity index (χ0v) is 10.0. The number of benzene rings is 1. The molecular weight excluding hydrogens is 210 g/mol. The van der Waals surface area contributed by atoms with Crippen molar-refractivity contribution in [2.75, 3.05) is 0 Å². The maximum absolute atomic E-state index is 9.35.